The van der Waals surface area contributed by atoms with Gasteiger partial charge in [-0.2, -0.15) is 4.31 Å². The van der Waals surface area contributed by atoms with Gasteiger partial charge in [-0.3, -0.25) is 0 Å². The Balaban J connectivity index is 1.34. The summed E-state index contributed by atoms with van der Waals surface area (Å²) >= 11 is 5.96. The van der Waals surface area contributed by atoms with Crippen molar-refractivity contribution in [1.29, 1.82) is 0 Å². The lowest BCUT2D eigenvalue weighted by molar-refractivity contribution is -0.314. The van der Waals surface area contributed by atoms with Crippen molar-refractivity contribution in [3.05, 3.63) is 83.4 Å². The van der Waals surface area contributed by atoms with Crippen molar-refractivity contribution in [1.82, 2.24) is 9.21 Å². The van der Waals surface area contributed by atoms with Crippen LogP contribution in [0.5, 0.6) is 5.75 Å². The van der Waals surface area contributed by atoms with Crippen molar-refractivity contribution < 1.29 is 42.5 Å². The van der Waals surface area contributed by atoms with E-state index in [9.17, 15) is 33.0 Å². The monoisotopic (exact) mass is 682 g/mol. The number of hydrogen-bond acceptors (Lipinski definition) is 9. The Hall–Kier alpha value is -4.13. The number of likely N-dealkylation sites (tertiary alicyclic amines) is 1. The Kier molecular flexibility index (Phi) is 9.59. The average molecular weight is 683 g/mol. The fourth-order valence-corrected chi connectivity index (χ4v) is 7.72. The van der Waals surface area contributed by atoms with E-state index in [4.69, 9.17) is 21.1 Å². The highest BCUT2D eigenvalue weighted by Gasteiger charge is 2.63. The zero-order chi connectivity index (χ0) is 34.1. The second-order valence-electron chi connectivity index (χ2n) is 12.7. The molecule has 1 saturated heterocycles. The van der Waals surface area contributed by atoms with Crippen LogP contribution in [0.15, 0.2) is 77.7 Å². The molecule has 1 amide bonds. The topological polar surface area (TPSA) is 156 Å². The molecule has 0 radical (unpaired) electrons. The molecule has 3 aromatic rings. The van der Waals surface area contributed by atoms with E-state index in [-0.39, 0.29) is 23.5 Å². The molecular weight excluding hydrogens is 648 g/mol. The number of ether oxygens (including phenoxy) is 2. The van der Waals surface area contributed by atoms with Gasteiger partial charge in [-0.1, -0.05) is 48.0 Å². The number of sulfonamides is 1. The van der Waals surface area contributed by atoms with Crippen molar-refractivity contribution in [2.75, 3.05) is 19.6 Å². The molecule has 0 bridgehead atoms. The molecule has 0 aromatic heterocycles. The molecule has 0 spiro atoms. The molecule has 0 N–H and O–H groups in total. The van der Waals surface area contributed by atoms with E-state index in [0.29, 0.717) is 52.1 Å². The normalized spacial score (nSPS) is 20.1. The van der Waals surface area contributed by atoms with Gasteiger partial charge in [0.2, 0.25) is 10.0 Å². The molecular formula is C34H35ClN2O9S-2. The standard InChI is InChI=1S/C34H37ClN2O9S/c1-33(2,3)46-32(42)36-17-15-26(16-18-36)45-27-6-4-5-24(19-27)29-20-34(29,31(40)41)37(21-30(38)39)47(43,44)28-13-9-23(10-14-28)22-7-11-25(35)12-8-22/h4-14,19,26,29H,15-18,20-21H2,1-3H3,(H,38,39)(H,40,41)/p-2. The number of carbonyl (C=O) groups excluding carboxylic acids is 3. The minimum absolute atomic E-state index is 0.206. The first kappa shape index (κ1) is 34.2. The molecule has 11 nitrogen and oxygen atoms in total. The van der Waals surface area contributed by atoms with Crippen molar-refractivity contribution in [2.24, 2.45) is 0 Å². The second kappa shape index (κ2) is 13.2. The molecule has 13 heteroatoms. The Bertz CT molecular complexity index is 1750. The van der Waals surface area contributed by atoms with Crippen LogP contribution in [0.4, 0.5) is 4.79 Å². The van der Waals surface area contributed by atoms with Gasteiger partial charge in [0, 0.05) is 36.9 Å². The zero-order valence-electron chi connectivity index (χ0n) is 26.2. The van der Waals surface area contributed by atoms with Crippen LogP contribution in [-0.4, -0.2) is 72.5 Å². The Morgan fingerprint density at radius 2 is 1.55 bits per heavy atom. The number of amides is 1. The molecule has 2 unspecified atom stereocenters. The van der Waals surface area contributed by atoms with Crippen LogP contribution in [-0.2, 0) is 24.3 Å². The van der Waals surface area contributed by atoms with Crippen molar-refractivity contribution in [3.8, 4) is 16.9 Å². The number of carboxylic acids is 2. The molecule has 2 atom stereocenters. The number of piperidine rings is 1. The third kappa shape index (κ3) is 7.55. The van der Waals surface area contributed by atoms with Gasteiger partial charge in [0.25, 0.3) is 0 Å². The van der Waals surface area contributed by atoms with E-state index >= 15 is 0 Å². The summed E-state index contributed by atoms with van der Waals surface area (Å²) in [5.74, 6) is -3.95. The Morgan fingerprint density at radius 3 is 2.11 bits per heavy atom. The fraction of sp³-hybridized carbons (Fsp3) is 0.382. The number of hydrogen-bond donors (Lipinski definition) is 0. The minimum Gasteiger partial charge on any atom is -0.549 e. The maximum atomic E-state index is 13.9. The van der Waals surface area contributed by atoms with E-state index in [1.165, 1.54) is 12.1 Å². The number of benzene rings is 3. The third-order valence-electron chi connectivity index (χ3n) is 8.28. The smallest absolute Gasteiger partial charge is 0.410 e. The lowest BCUT2D eigenvalue weighted by Gasteiger charge is -2.34. The average Bonchev–Trinajstić information content (AvgIpc) is 3.77. The van der Waals surface area contributed by atoms with Crippen LogP contribution in [0.1, 0.15) is 51.5 Å². The molecule has 5 rings (SSSR count). The van der Waals surface area contributed by atoms with E-state index in [1.54, 1.807) is 86.3 Å². The number of nitrogens with zero attached hydrogens (tertiary/aromatic N) is 2. The molecule has 3 aromatic carbocycles. The second-order valence-corrected chi connectivity index (χ2v) is 15.0. The van der Waals surface area contributed by atoms with E-state index in [1.807, 2.05) is 0 Å². The van der Waals surface area contributed by atoms with Gasteiger partial charge in [0.1, 0.15) is 17.5 Å². The predicted octanol–water partition coefficient (Wildman–Crippen LogP) is 3.20. The van der Waals surface area contributed by atoms with Crippen molar-refractivity contribution in [3.63, 3.8) is 0 Å². The first-order chi connectivity index (χ1) is 22.1. The van der Waals surface area contributed by atoms with Crippen LogP contribution in [0.2, 0.25) is 5.02 Å². The highest BCUT2D eigenvalue weighted by Crippen LogP contribution is 2.57. The third-order valence-corrected chi connectivity index (χ3v) is 10.4. The van der Waals surface area contributed by atoms with Gasteiger partial charge < -0.3 is 34.2 Å². The van der Waals surface area contributed by atoms with E-state index in [2.05, 4.69) is 0 Å². The summed E-state index contributed by atoms with van der Waals surface area (Å²) in [4.78, 5) is 38.3. The van der Waals surface area contributed by atoms with Crippen LogP contribution in [0.25, 0.3) is 11.1 Å². The molecule has 2 aliphatic rings. The van der Waals surface area contributed by atoms with Crippen LogP contribution in [0, 0.1) is 0 Å². The van der Waals surface area contributed by atoms with E-state index < -0.39 is 45.6 Å². The number of carboxylic acid groups (broad SMARTS) is 2. The number of aliphatic carboxylic acids is 2. The fourth-order valence-electron chi connectivity index (χ4n) is 5.88. The quantitative estimate of drug-likeness (QED) is 0.313. The molecule has 2 fully saturated rings. The number of rotatable bonds is 10. The van der Waals surface area contributed by atoms with Gasteiger partial charge in [0.15, 0.2) is 0 Å². The van der Waals surface area contributed by atoms with Crippen LogP contribution in [0.3, 0.4) is 0 Å². The minimum atomic E-state index is -4.64. The van der Waals surface area contributed by atoms with Gasteiger partial charge in [0.05, 0.1) is 28.9 Å². The molecule has 1 aliphatic carbocycles. The molecule has 1 aliphatic heterocycles. The summed E-state index contributed by atoms with van der Waals surface area (Å²) in [5.41, 5.74) is -0.861. The lowest BCUT2D eigenvalue weighted by Crippen LogP contribution is -2.56. The summed E-state index contributed by atoms with van der Waals surface area (Å²) in [5, 5.41) is 25.0. The summed E-state index contributed by atoms with van der Waals surface area (Å²) in [6, 6.07) is 19.2. The maximum absolute atomic E-state index is 13.9. The summed E-state index contributed by atoms with van der Waals surface area (Å²) < 4.78 is 39.8. The largest absolute Gasteiger partial charge is 0.549 e. The number of carbonyl (C=O) groups is 3. The molecule has 1 saturated carbocycles. The zero-order valence-corrected chi connectivity index (χ0v) is 27.8. The summed E-state index contributed by atoms with van der Waals surface area (Å²) in [6.07, 6.45) is 0.274. The SMILES string of the molecule is CC(C)(C)OC(=O)N1CCC(Oc2cccc(C3CC3(C(=O)[O-])N(CC(=O)[O-])S(=O)(=O)c3ccc(-c4ccc(Cl)cc4)cc3)c2)CC1. The molecule has 47 heavy (non-hydrogen) atoms. The predicted molar refractivity (Wildman–Crippen MR) is 169 cm³/mol. The van der Waals surface area contributed by atoms with Gasteiger partial charge in [-0.05, 0) is 80.3 Å². The molecule has 1 heterocycles. The van der Waals surface area contributed by atoms with Crippen molar-refractivity contribution >= 4 is 39.7 Å². The first-order valence-electron chi connectivity index (χ1n) is 15.1. The highest BCUT2D eigenvalue weighted by molar-refractivity contribution is 7.89. The summed E-state index contributed by atoms with van der Waals surface area (Å²) in [6.45, 7) is 5.10. The van der Waals surface area contributed by atoms with Gasteiger partial charge in [-0.25, -0.2) is 13.2 Å². The Morgan fingerprint density at radius 1 is 0.957 bits per heavy atom. The lowest BCUT2D eigenvalue weighted by atomic mass is 10.0. The van der Waals surface area contributed by atoms with E-state index in [0.717, 1.165) is 5.56 Å². The summed E-state index contributed by atoms with van der Waals surface area (Å²) in [7, 11) is -4.64. The highest BCUT2D eigenvalue weighted by atomic mass is 35.5. The van der Waals surface area contributed by atoms with Crippen LogP contribution >= 0.6 is 11.6 Å². The first-order valence-corrected chi connectivity index (χ1v) is 17.0. The van der Waals surface area contributed by atoms with Gasteiger partial charge in [-0.15, -0.1) is 0 Å². The molecule has 250 valence electrons. The Labute approximate surface area is 278 Å². The van der Waals surface area contributed by atoms with Crippen molar-refractivity contribution in [2.45, 2.75) is 68.1 Å². The van der Waals surface area contributed by atoms with Crippen LogP contribution < -0.4 is 14.9 Å². The number of halogens is 1. The maximum Gasteiger partial charge on any atom is 0.410 e. The van der Waals surface area contributed by atoms with Gasteiger partial charge >= 0.3 is 6.09 Å².